The van der Waals surface area contributed by atoms with Crippen LogP contribution in [0.4, 0.5) is 0 Å². The average Bonchev–Trinajstić information content (AvgIpc) is 3.03. The van der Waals surface area contributed by atoms with Crippen LogP contribution in [-0.2, 0) is 10.8 Å². The third-order valence-corrected chi connectivity index (χ3v) is 5.75. The standard InChI is InChI=1S/C22H28N2OS/c1-21(2,3)16-12-15(13-17(18(16)25)22(4,5)6)20-24-23-19(26-20)14-10-8-7-9-11-14/h7-13,20,24-25H,1-6H3. The first-order chi connectivity index (χ1) is 12.1. The predicted molar refractivity (Wildman–Crippen MR) is 112 cm³/mol. The highest BCUT2D eigenvalue weighted by atomic mass is 32.2. The van der Waals surface area contributed by atoms with Crippen molar-refractivity contribution in [2.75, 3.05) is 0 Å². The van der Waals surface area contributed by atoms with E-state index in [1.165, 1.54) is 0 Å². The van der Waals surface area contributed by atoms with Crippen LogP contribution in [0.25, 0.3) is 0 Å². The monoisotopic (exact) mass is 368 g/mol. The number of nitrogens with one attached hydrogen (secondary N) is 1. The van der Waals surface area contributed by atoms with E-state index in [0.717, 1.165) is 27.3 Å². The number of hydrogen-bond acceptors (Lipinski definition) is 4. The van der Waals surface area contributed by atoms with Crippen LogP contribution in [0.2, 0.25) is 0 Å². The molecule has 0 aromatic heterocycles. The maximum atomic E-state index is 10.9. The summed E-state index contributed by atoms with van der Waals surface area (Å²) in [6.07, 6.45) is 0. The lowest BCUT2D eigenvalue weighted by Gasteiger charge is -2.29. The number of phenolic OH excluding ortho intramolecular Hbond substituents is 1. The van der Waals surface area contributed by atoms with Crippen LogP contribution in [0.3, 0.4) is 0 Å². The Morgan fingerprint density at radius 1 is 0.923 bits per heavy atom. The Morgan fingerprint density at radius 3 is 1.96 bits per heavy atom. The Kier molecular flexibility index (Phi) is 4.82. The summed E-state index contributed by atoms with van der Waals surface area (Å²) in [6, 6.07) is 14.5. The second-order valence-electron chi connectivity index (χ2n) is 8.87. The van der Waals surface area contributed by atoms with Gasteiger partial charge >= 0.3 is 0 Å². The minimum absolute atomic E-state index is 0.0491. The zero-order valence-electron chi connectivity index (χ0n) is 16.4. The van der Waals surface area contributed by atoms with Crippen LogP contribution in [-0.4, -0.2) is 10.2 Å². The molecule has 2 aromatic carbocycles. The molecule has 26 heavy (non-hydrogen) atoms. The van der Waals surface area contributed by atoms with Crippen molar-refractivity contribution in [2.24, 2.45) is 5.10 Å². The van der Waals surface area contributed by atoms with Gasteiger partial charge in [-0.1, -0.05) is 83.6 Å². The maximum absolute atomic E-state index is 10.9. The van der Waals surface area contributed by atoms with Gasteiger partial charge in [0.2, 0.25) is 0 Å². The second kappa shape index (κ2) is 6.66. The van der Waals surface area contributed by atoms with Gasteiger partial charge < -0.3 is 5.11 Å². The number of nitrogens with zero attached hydrogens (tertiary/aromatic N) is 1. The lowest BCUT2D eigenvalue weighted by atomic mass is 9.78. The van der Waals surface area contributed by atoms with E-state index in [0.29, 0.717) is 5.75 Å². The summed E-state index contributed by atoms with van der Waals surface area (Å²) in [4.78, 5) is 0. The van der Waals surface area contributed by atoms with E-state index in [2.05, 4.69) is 76.3 Å². The van der Waals surface area contributed by atoms with Crippen LogP contribution in [0.5, 0.6) is 5.75 Å². The number of phenols is 1. The fourth-order valence-corrected chi connectivity index (χ4v) is 4.07. The molecule has 1 atom stereocenters. The summed E-state index contributed by atoms with van der Waals surface area (Å²) in [5, 5.41) is 16.5. The van der Waals surface area contributed by atoms with E-state index in [1.807, 2.05) is 18.2 Å². The summed E-state index contributed by atoms with van der Waals surface area (Å²) in [7, 11) is 0. The molecule has 0 radical (unpaired) electrons. The molecule has 0 bridgehead atoms. The van der Waals surface area contributed by atoms with Crippen molar-refractivity contribution in [2.45, 2.75) is 57.7 Å². The fourth-order valence-electron chi connectivity index (χ4n) is 3.09. The van der Waals surface area contributed by atoms with E-state index in [9.17, 15) is 5.11 Å². The third kappa shape index (κ3) is 3.75. The highest BCUT2D eigenvalue weighted by Gasteiger charge is 2.30. The average molecular weight is 369 g/mol. The SMILES string of the molecule is CC(C)(C)c1cc(C2NN=C(c3ccccc3)S2)cc(C(C)(C)C)c1O. The molecule has 138 valence electrons. The number of hydrogen-bond donors (Lipinski definition) is 2. The molecule has 1 aliphatic rings. The van der Waals surface area contributed by atoms with Crippen molar-refractivity contribution in [1.82, 2.24) is 5.43 Å². The minimum Gasteiger partial charge on any atom is -0.507 e. The quantitative estimate of drug-likeness (QED) is 0.716. The third-order valence-electron chi connectivity index (χ3n) is 4.58. The van der Waals surface area contributed by atoms with Gasteiger partial charge in [-0.15, -0.1) is 0 Å². The van der Waals surface area contributed by atoms with Gasteiger partial charge in [-0.25, -0.2) is 0 Å². The molecule has 3 rings (SSSR count). The summed E-state index contributed by atoms with van der Waals surface area (Å²) >= 11 is 1.72. The largest absolute Gasteiger partial charge is 0.507 e. The summed E-state index contributed by atoms with van der Waals surface area (Å²) < 4.78 is 0. The van der Waals surface area contributed by atoms with Crippen molar-refractivity contribution < 1.29 is 5.11 Å². The van der Waals surface area contributed by atoms with Gasteiger partial charge in [0, 0.05) is 5.56 Å². The van der Waals surface area contributed by atoms with E-state index >= 15 is 0 Å². The molecule has 0 fully saturated rings. The Labute approximate surface area is 160 Å². The Bertz CT molecular complexity index is 794. The first-order valence-electron chi connectivity index (χ1n) is 9.00. The van der Waals surface area contributed by atoms with Crippen LogP contribution in [0.15, 0.2) is 47.6 Å². The van der Waals surface area contributed by atoms with E-state index in [1.54, 1.807) is 11.8 Å². The molecule has 1 heterocycles. The number of benzene rings is 2. The molecular formula is C22H28N2OS. The molecule has 1 unspecified atom stereocenters. The predicted octanol–water partition coefficient (Wildman–Crippen LogP) is 5.68. The molecule has 2 N–H and O–H groups in total. The summed E-state index contributed by atoms with van der Waals surface area (Å²) in [5.41, 5.74) is 7.24. The number of thioether (sulfide) groups is 1. The lowest BCUT2D eigenvalue weighted by Crippen LogP contribution is -2.19. The number of rotatable bonds is 2. The van der Waals surface area contributed by atoms with Crippen molar-refractivity contribution in [1.29, 1.82) is 0 Å². The van der Waals surface area contributed by atoms with Crippen molar-refractivity contribution in [3.63, 3.8) is 0 Å². The van der Waals surface area contributed by atoms with Gasteiger partial charge in [0.15, 0.2) is 0 Å². The molecule has 0 spiro atoms. The minimum atomic E-state index is -0.132. The first-order valence-corrected chi connectivity index (χ1v) is 9.88. The van der Waals surface area contributed by atoms with E-state index in [4.69, 9.17) is 0 Å². The van der Waals surface area contributed by atoms with Gasteiger partial charge in [0.05, 0.1) is 0 Å². The summed E-state index contributed by atoms with van der Waals surface area (Å²) in [6.45, 7) is 12.8. The molecule has 4 heteroatoms. The van der Waals surface area contributed by atoms with Gasteiger partial charge in [-0.3, -0.25) is 5.43 Å². The Balaban J connectivity index is 1.99. The maximum Gasteiger partial charge on any atom is 0.126 e. The van der Waals surface area contributed by atoms with Gasteiger partial charge in [-0.05, 0) is 39.7 Å². The van der Waals surface area contributed by atoms with Crippen LogP contribution in [0, 0.1) is 0 Å². The number of aromatic hydroxyl groups is 1. The first kappa shape index (κ1) is 18.8. The summed E-state index contributed by atoms with van der Waals surface area (Å²) in [5.74, 6) is 0.418. The molecular weight excluding hydrogens is 340 g/mol. The molecule has 3 nitrogen and oxygen atoms in total. The normalized spacial score (nSPS) is 17.8. The molecule has 2 aromatic rings. The highest BCUT2D eigenvalue weighted by Crippen LogP contribution is 2.43. The molecule has 0 saturated heterocycles. The zero-order chi connectivity index (χ0) is 19.1. The van der Waals surface area contributed by atoms with Crippen LogP contribution in [0.1, 0.15) is 69.2 Å². The lowest BCUT2D eigenvalue weighted by molar-refractivity contribution is 0.422. The van der Waals surface area contributed by atoms with Crippen molar-refractivity contribution in [3.8, 4) is 5.75 Å². The second-order valence-corrected chi connectivity index (χ2v) is 9.97. The highest BCUT2D eigenvalue weighted by molar-refractivity contribution is 8.14. The zero-order valence-corrected chi connectivity index (χ0v) is 17.2. The van der Waals surface area contributed by atoms with Gasteiger partial charge in [0.1, 0.15) is 16.2 Å². The number of hydrazone groups is 1. The van der Waals surface area contributed by atoms with Crippen molar-refractivity contribution >= 4 is 16.8 Å². The van der Waals surface area contributed by atoms with Crippen molar-refractivity contribution in [3.05, 3.63) is 64.7 Å². The molecule has 1 aliphatic heterocycles. The van der Waals surface area contributed by atoms with E-state index < -0.39 is 0 Å². The van der Waals surface area contributed by atoms with E-state index in [-0.39, 0.29) is 16.2 Å². The van der Waals surface area contributed by atoms with Crippen LogP contribution >= 0.6 is 11.8 Å². The Hall–Kier alpha value is -1.94. The Morgan fingerprint density at radius 2 is 1.46 bits per heavy atom. The van der Waals surface area contributed by atoms with Gasteiger partial charge in [-0.2, -0.15) is 5.10 Å². The molecule has 0 amide bonds. The van der Waals surface area contributed by atoms with Crippen LogP contribution < -0.4 is 5.43 Å². The topological polar surface area (TPSA) is 44.6 Å². The molecule has 0 aliphatic carbocycles. The van der Waals surface area contributed by atoms with Gasteiger partial charge in [0.25, 0.3) is 0 Å². The smallest absolute Gasteiger partial charge is 0.126 e. The fraction of sp³-hybridized carbons (Fsp3) is 0.409. The molecule has 0 saturated carbocycles.